The van der Waals surface area contributed by atoms with Gasteiger partial charge < -0.3 is 44.7 Å². The van der Waals surface area contributed by atoms with Gasteiger partial charge in [-0.25, -0.2) is 14.6 Å². The maximum atomic E-state index is 14.3. The SMILES string of the molecule is CCN(c1cc(-c2cccc(CN3CCOCC3)c2)cc(C(=O)NCc2c(C)cc(C)nc2OC(=O)OCCSSCC(NC(=O)CCCC(=O)O)C(=O)O)c1C)C1CCOCC1. The van der Waals surface area contributed by atoms with E-state index in [0.29, 0.717) is 35.8 Å². The molecule has 2 amide bonds. The normalized spacial score (nSPS) is 15.0. The molecule has 4 N–H and O–H groups in total. The van der Waals surface area contributed by atoms with Gasteiger partial charge in [0.15, 0.2) is 0 Å². The van der Waals surface area contributed by atoms with Crippen molar-refractivity contribution in [3.8, 4) is 17.0 Å². The van der Waals surface area contributed by atoms with Crippen LogP contribution in [0.4, 0.5) is 10.5 Å². The lowest BCUT2D eigenvalue weighted by Gasteiger charge is -2.37. The van der Waals surface area contributed by atoms with E-state index in [1.165, 1.54) is 27.2 Å². The molecule has 1 atom stereocenters. The summed E-state index contributed by atoms with van der Waals surface area (Å²) in [5, 5.41) is 23.7. The molecule has 0 spiro atoms. The number of aliphatic carboxylic acids is 2. The summed E-state index contributed by atoms with van der Waals surface area (Å²) in [7, 11) is 2.42. The zero-order chi connectivity index (χ0) is 45.3. The number of anilines is 1. The Morgan fingerprint density at radius 3 is 2.41 bits per heavy atom. The number of benzene rings is 2. The first kappa shape index (κ1) is 49.1. The number of hydrogen-bond acceptors (Lipinski definition) is 14. The van der Waals surface area contributed by atoms with Crippen LogP contribution in [0.3, 0.4) is 0 Å². The third-order valence-electron chi connectivity index (χ3n) is 10.9. The molecule has 0 radical (unpaired) electrons. The van der Waals surface area contributed by atoms with Crippen molar-refractivity contribution >= 4 is 57.2 Å². The van der Waals surface area contributed by atoms with E-state index >= 15 is 0 Å². The summed E-state index contributed by atoms with van der Waals surface area (Å²) in [4.78, 5) is 70.8. The monoisotopic (exact) mass is 909 g/mol. The summed E-state index contributed by atoms with van der Waals surface area (Å²) in [6.07, 6.45) is 0.624. The van der Waals surface area contributed by atoms with Gasteiger partial charge in [0.05, 0.1) is 13.2 Å². The van der Waals surface area contributed by atoms with Crippen LogP contribution in [0, 0.1) is 20.8 Å². The van der Waals surface area contributed by atoms with Gasteiger partial charge in [-0.05, 0) is 99.0 Å². The van der Waals surface area contributed by atoms with Crippen LogP contribution in [0.1, 0.15) is 77.3 Å². The van der Waals surface area contributed by atoms with Crippen LogP contribution in [0.2, 0.25) is 0 Å². The first-order valence-electron chi connectivity index (χ1n) is 21.3. The number of hydrogen-bond donors (Lipinski definition) is 4. The van der Waals surface area contributed by atoms with Gasteiger partial charge in [-0.2, -0.15) is 0 Å². The maximum absolute atomic E-state index is 14.3. The number of carboxylic acid groups (broad SMARTS) is 2. The van der Waals surface area contributed by atoms with Gasteiger partial charge in [-0.3, -0.25) is 19.3 Å². The van der Waals surface area contributed by atoms with Crippen molar-refractivity contribution in [2.45, 2.75) is 85.0 Å². The molecule has 342 valence electrons. The topological polar surface area (TPSA) is 206 Å². The van der Waals surface area contributed by atoms with Crippen molar-refractivity contribution in [2.24, 2.45) is 0 Å². The Balaban J connectivity index is 1.24. The fourth-order valence-electron chi connectivity index (χ4n) is 7.56. The van der Waals surface area contributed by atoms with Crippen molar-refractivity contribution in [3.63, 3.8) is 0 Å². The Bertz CT molecular complexity index is 2060. The Hall–Kier alpha value is -4.88. The number of carbonyl (C=O) groups is 5. The molecule has 2 aliphatic heterocycles. The molecule has 2 saturated heterocycles. The molecule has 3 aromatic rings. The summed E-state index contributed by atoms with van der Waals surface area (Å²) >= 11 is 0. The molecule has 16 nitrogen and oxygen atoms in total. The first-order chi connectivity index (χ1) is 30.3. The Kier molecular flexibility index (Phi) is 19.4. The van der Waals surface area contributed by atoms with Crippen molar-refractivity contribution in [2.75, 3.05) is 69.1 Å². The largest absolute Gasteiger partial charge is 0.515 e. The van der Waals surface area contributed by atoms with E-state index in [2.05, 4.69) is 62.7 Å². The molecule has 1 aromatic heterocycles. The van der Waals surface area contributed by atoms with E-state index in [0.717, 1.165) is 80.2 Å². The Labute approximate surface area is 376 Å². The number of aryl methyl sites for hydroxylation is 2. The average molecular weight is 910 g/mol. The molecule has 0 saturated carbocycles. The van der Waals surface area contributed by atoms with Crippen molar-refractivity contribution in [1.82, 2.24) is 20.5 Å². The summed E-state index contributed by atoms with van der Waals surface area (Å²) in [5.74, 6) is -2.72. The summed E-state index contributed by atoms with van der Waals surface area (Å²) in [6, 6.07) is 13.6. The second kappa shape index (κ2) is 24.8. The second-order valence-corrected chi connectivity index (χ2v) is 18.1. The van der Waals surface area contributed by atoms with Gasteiger partial charge in [0.25, 0.3) is 5.91 Å². The van der Waals surface area contributed by atoms with Crippen LogP contribution in [-0.4, -0.2) is 126 Å². The predicted molar refractivity (Wildman–Crippen MR) is 242 cm³/mol. The van der Waals surface area contributed by atoms with Crippen molar-refractivity contribution in [3.05, 3.63) is 76.0 Å². The predicted octanol–water partition coefficient (Wildman–Crippen LogP) is 6.16. The average Bonchev–Trinajstić information content (AvgIpc) is 3.25. The first-order valence-corrected chi connectivity index (χ1v) is 23.8. The smallest absolute Gasteiger partial charge is 0.481 e. The molecule has 1 unspecified atom stereocenters. The molecule has 2 aromatic carbocycles. The maximum Gasteiger partial charge on any atom is 0.515 e. The number of nitrogens with zero attached hydrogens (tertiary/aromatic N) is 3. The van der Waals surface area contributed by atoms with Gasteiger partial charge >= 0.3 is 18.1 Å². The number of carbonyl (C=O) groups excluding carboxylic acids is 3. The van der Waals surface area contributed by atoms with E-state index in [1.54, 1.807) is 6.92 Å². The fraction of sp³-hybridized carbons (Fsp3) is 0.511. The highest BCUT2D eigenvalue weighted by molar-refractivity contribution is 8.76. The van der Waals surface area contributed by atoms with Gasteiger partial charge in [0, 0.05) is 98.8 Å². The number of nitrogens with one attached hydrogen (secondary N) is 2. The molecule has 63 heavy (non-hydrogen) atoms. The third kappa shape index (κ3) is 15.1. The number of rotatable bonds is 22. The number of morpholine rings is 1. The minimum absolute atomic E-state index is 0.0168. The number of ether oxygens (including phenoxy) is 4. The fourth-order valence-corrected chi connectivity index (χ4v) is 9.55. The minimum Gasteiger partial charge on any atom is -0.481 e. The van der Waals surface area contributed by atoms with Crippen LogP contribution in [0.15, 0.2) is 42.5 Å². The number of pyridine rings is 1. The molecular formula is C45H59N5O11S2. The molecule has 0 bridgehead atoms. The minimum atomic E-state index is -1.22. The zero-order valence-corrected chi connectivity index (χ0v) is 38.1. The van der Waals surface area contributed by atoms with Gasteiger partial charge in [-0.1, -0.05) is 39.8 Å². The number of amides is 2. The molecule has 0 aliphatic carbocycles. The van der Waals surface area contributed by atoms with Gasteiger partial charge in [-0.15, -0.1) is 0 Å². The van der Waals surface area contributed by atoms with Gasteiger partial charge in [0.1, 0.15) is 12.6 Å². The van der Waals surface area contributed by atoms with Crippen LogP contribution in [0.5, 0.6) is 5.88 Å². The molecule has 18 heteroatoms. The highest BCUT2D eigenvalue weighted by Gasteiger charge is 2.26. The molecular weight excluding hydrogens is 851 g/mol. The lowest BCUT2D eigenvalue weighted by Crippen LogP contribution is -2.42. The quantitative estimate of drug-likeness (QED) is 0.0506. The molecule has 5 rings (SSSR count). The van der Waals surface area contributed by atoms with E-state index in [-0.39, 0.29) is 56.0 Å². The Morgan fingerprint density at radius 2 is 1.70 bits per heavy atom. The van der Waals surface area contributed by atoms with Crippen LogP contribution in [-0.2, 0) is 41.7 Å². The van der Waals surface area contributed by atoms with Crippen LogP contribution >= 0.6 is 21.6 Å². The van der Waals surface area contributed by atoms with E-state index in [4.69, 9.17) is 24.1 Å². The summed E-state index contributed by atoms with van der Waals surface area (Å²) < 4.78 is 22.1. The van der Waals surface area contributed by atoms with E-state index in [9.17, 15) is 29.1 Å². The molecule has 2 aliphatic rings. The Morgan fingerprint density at radius 1 is 0.952 bits per heavy atom. The van der Waals surface area contributed by atoms with Crippen molar-refractivity contribution in [1.29, 1.82) is 0 Å². The lowest BCUT2D eigenvalue weighted by atomic mass is 9.94. The summed E-state index contributed by atoms with van der Waals surface area (Å²) in [5.41, 5.74) is 7.42. The highest BCUT2D eigenvalue weighted by Crippen LogP contribution is 2.35. The van der Waals surface area contributed by atoms with E-state index < -0.39 is 30.0 Å². The molecule has 2 fully saturated rings. The van der Waals surface area contributed by atoms with Crippen LogP contribution in [0.25, 0.3) is 11.1 Å². The zero-order valence-electron chi connectivity index (χ0n) is 36.4. The number of aromatic nitrogens is 1. The number of carboxylic acids is 2. The second-order valence-electron chi connectivity index (χ2n) is 15.4. The standard InChI is InChI=1S/C45H59N5O11S2/c1-5-50(35-12-16-58-17-13-35)39-25-34(33-9-6-8-32(23-33)27-49-14-18-59-19-15-49)24-36(31(39)4)42(54)46-26-37-29(2)22-30(3)47-43(37)61-45(57)60-20-21-62-63-28-38(44(55)56)48-40(51)10-7-11-41(52)53/h6,8-9,22-25,35,38H,5,7,10-21,26-28H2,1-4H3,(H,46,54)(H,48,51)(H,52,53)(H,55,56). The highest BCUT2D eigenvalue weighted by atomic mass is 33.1. The van der Waals surface area contributed by atoms with E-state index in [1.807, 2.05) is 26.0 Å². The lowest BCUT2D eigenvalue weighted by molar-refractivity contribution is -0.141. The van der Waals surface area contributed by atoms with Gasteiger partial charge in [0.2, 0.25) is 11.8 Å². The molecule has 3 heterocycles. The van der Waals surface area contributed by atoms with Crippen molar-refractivity contribution < 1.29 is 53.1 Å². The van der Waals surface area contributed by atoms with Crippen LogP contribution < -0.4 is 20.3 Å². The summed E-state index contributed by atoms with van der Waals surface area (Å²) in [6.45, 7) is 13.9. The third-order valence-corrected chi connectivity index (χ3v) is 13.2.